The van der Waals surface area contributed by atoms with E-state index in [9.17, 15) is 8.42 Å². The lowest BCUT2D eigenvalue weighted by Gasteiger charge is -2.41. The van der Waals surface area contributed by atoms with Crippen LogP contribution in [0.3, 0.4) is 0 Å². The van der Waals surface area contributed by atoms with E-state index in [4.69, 9.17) is 5.73 Å². The number of hydrogen-bond donors (Lipinski definition) is 2. The Morgan fingerprint density at radius 3 is 2.56 bits per heavy atom. The lowest BCUT2D eigenvalue weighted by molar-refractivity contribution is 0.214. The van der Waals surface area contributed by atoms with Gasteiger partial charge in [0.1, 0.15) is 0 Å². The molecule has 0 atom stereocenters. The number of halogens is 1. The van der Waals surface area contributed by atoms with Gasteiger partial charge in [-0.15, -0.1) is 0 Å². The number of anilines is 1. The number of sulfonamides is 1. The Labute approximate surface area is 116 Å². The van der Waals surface area contributed by atoms with Crippen molar-refractivity contribution in [2.75, 3.05) is 5.73 Å². The van der Waals surface area contributed by atoms with Crippen molar-refractivity contribution in [3.63, 3.8) is 0 Å². The molecule has 1 aromatic carbocycles. The molecule has 1 aromatic rings. The van der Waals surface area contributed by atoms with Crippen molar-refractivity contribution in [2.45, 2.75) is 43.0 Å². The van der Waals surface area contributed by atoms with Gasteiger partial charge in [-0.1, -0.05) is 6.92 Å². The van der Waals surface area contributed by atoms with E-state index in [1.165, 1.54) is 6.07 Å². The first-order valence-electron chi connectivity index (χ1n) is 5.98. The van der Waals surface area contributed by atoms with Crippen molar-refractivity contribution < 1.29 is 8.42 Å². The zero-order valence-electron chi connectivity index (χ0n) is 10.2. The summed E-state index contributed by atoms with van der Waals surface area (Å²) in [6.45, 7) is 2.01. The summed E-state index contributed by atoms with van der Waals surface area (Å²) < 4.78 is 28.0. The lowest BCUT2D eigenvalue weighted by atomic mass is 9.76. The highest BCUT2D eigenvalue weighted by molar-refractivity contribution is 9.10. The molecule has 0 bridgehead atoms. The minimum Gasteiger partial charge on any atom is -0.398 e. The maximum Gasteiger partial charge on any atom is 0.241 e. The number of nitrogen functional groups attached to an aromatic ring is 1. The molecule has 0 aromatic heterocycles. The molecule has 1 fully saturated rings. The van der Waals surface area contributed by atoms with E-state index in [1.54, 1.807) is 12.1 Å². The van der Waals surface area contributed by atoms with Gasteiger partial charge in [0.2, 0.25) is 10.0 Å². The van der Waals surface area contributed by atoms with Crippen LogP contribution in [0.15, 0.2) is 27.6 Å². The average Bonchev–Trinajstić information content (AvgIpc) is 2.27. The van der Waals surface area contributed by atoms with Crippen molar-refractivity contribution in [1.82, 2.24) is 4.72 Å². The summed E-state index contributed by atoms with van der Waals surface area (Å²) in [5.74, 6) is 0. The summed E-state index contributed by atoms with van der Waals surface area (Å²) in [7, 11) is -3.47. The fraction of sp³-hybridized carbons (Fsp3) is 0.500. The van der Waals surface area contributed by atoms with Crippen LogP contribution in [0.1, 0.15) is 32.6 Å². The average molecular weight is 333 g/mol. The van der Waals surface area contributed by atoms with Crippen LogP contribution in [-0.4, -0.2) is 14.0 Å². The van der Waals surface area contributed by atoms with Gasteiger partial charge in [-0.3, -0.25) is 0 Å². The summed E-state index contributed by atoms with van der Waals surface area (Å²) in [6.07, 6.45) is 3.74. The Kier molecular flexibility index (Phi) is 3.71. The quantitative estimate of drug-likeness (QED) is 0.832. The standard InChI is InChI=1S/C12H17BrN2O2S/c1-2-12(6-3-7-12)15-18(16,17)9-4-5-11(14)10(13)8-9/h4-5,8,15H,2-3,6-7,14H2,1H3. The molecule has 0 amide bonds. The second-order valence-electron chi connectivity index (χ2n) is 4.78. The van der Waals surface area contributed by atoms with Crippen molar-refractivity contribution in [3.05, 3.63) is 22.7 Å². The smallest absolute Gasteiger partial charge is 0.241 e. The van der Waals surface area contributed by atoms with E-state index >= 15 is 0 Å². The van der Waals surface area contributed by atoms with Crippen LogP contribution in [0.5, 0.6) is 0 Å². The highest BCUT2D eigenvalue weighted by Gasteiger charge is 2.39. The molecule has 1 aliphatic carbocycles. The molecule has 0 saturated heterocycles. The first-order chi connectivity index (χ1) is 8.38. The molecule has 0 aliphatic heterocycles. The molecule has 0 spiro atoms. The van der Waals surface area contributed by atoms with Gasteiger partial charge in [0.15, 0.2) is 0 Å². The van der Waals surface area contributed by atoms with Crippen molar-refractivity contribution in [1.29, 1.82) is 0 Å². The molecule has 1 aliphatic rings. The minimum atomic E-state index is -3.47. The monoisotopic (exact) mass is 332 g/mol. The second-order valence-corrected chi connectivity index (χ2v) is 7.31. The van der Waals surface area contributed by atoms with E-state index in [0.717, 1.165) is 25.7 Å². The van der Waals surface area contributed by atoms with E-state index in [0.29, 0.717) is 10.2 Å². The zero-order chi connectivity index (χ0) is 13.4. The molecule has 1 saturated carbocycles. The molecule has 3 N–H and O–H groups in total. The van der Waals surface area contributed by atoms with Crippen LogP contribution in [0.25, 0.3) is 0 Å². The topological polar surface area (TPSA) is 72.2 Å². The normalized spacial score (nSPS) is 18.3. The highest BCUT2D eigenvalue weighted by Crippen LogP contribution is 2.36. The number of benzene rings is 1. The second kappa shape index (κ2) is 4.83. The van der Waals surface area contributed by atoms with Gasteiger partial charge in [0, 0.05) is 15.7 Å². The first kappa shape index (κ1) is 13.8. The molecule has 0 unspecified atom stereocenters. The van der Waals surface area contributed by atoms with Gasteiger partial charge < -0.3 is 5.73 Å². The van der Waals surface area contributed by atoms with E-state index < -0.39 is 10.0 Å². The zero-order valence-corrected chi connectivity index (χ0v) is 12.6. The van der Waals surface area contributed by atoms with Gasteiger partial charge in [0.25, 0.3) is 0 Å². The summed E-state index contributed by atoms with van der Waals surface area (Å²) in [6, 6.07) is 4.67. The Morgan fingerprint density at radius 2 is 2.11 bits per heavy atom. The Hall–Kier alpha value is -0.590. The molecule has 6 heteroatoms. The van der Waals surface area contributed by atoms with Crippen LogP contribution in [-0.2, 0) is 10.0 Å². The molecule has 18 heavy (non-hydrogen) atoms. The maximum absolute atomic E-state index is 12.3. The Morgan fingerprint density at radius 1 is 1.44 bits per heavy atom. The van der Waals surface area contributed by atoms with Gasteiger partial charge in [-0.05, 0) is 59.8 Å². The van der Waals surface area contributed by atoms with Crippen LogP contribution < -0.4 is 10.5 Å². The summed E-state index contributed by atoms with van der Waals surface area (Å²) >= 11 is 3.25. The molecule has 0 heterocycles. The van der Waals surface area contributed by atoms with Crippen molar-refractivity contribution in [2.24, 2.45) is 0 Å². The molecular weight excluding hydrogens is 316 g/mol. The SMILES string of the molecule is CCC1(NS(=O)(=O)c2ccc(N)c(Br)c2)CCC1. The highest BCUT2D eigenvalue weighted by atomic mass is 79.9. The van der Waals surface area contributed by atoms with Gasteiger partial charge >= 0.3 is 0 Å². The van der Waals surface area contributed by atoms with Gasteiger partial charge in [-0.25, -0.2) is 13.1 Å². The van der Waals surface area contributed by atoms with E-state index in [2.05, 4.69) is 20.7 Å². The number of hydrogen-bond acceptors (Lipinski definition) is 3. The number of nitrogens with two attached hydrogens (primary N) is 1. The fourth-order valence-corrected chi connectivity index (χ4v) is 4.24. The predicted octanol–water partition coefficient (Wildman–Crippen LogP) is 2.64. The molecule has 100 valence electrons. The lowest BCUT2D eigenvalue weighted by Crippen LogP contribution is -2.52. The van der Waals surface area contributed by atoms with Crippen LogP contribution in [0, 0.1) is 0 Å². The Bertz CT molecular complexity index is 548. The first-order valence-corrected chi connectivity index (χ1v) is 8.25. The predicted molar refractivity (Wildman–Crippen MR) is 75.7 cm³/mol. The summed E-state index contributed by atoms with van der Waals surface area (Å²) in [5, 5.41) is 0. The largest absolute Gasteiger partial charge is 0.398 e. The number of nitrogens with one attached hydrogen (secondary N) is 1. The third-order valence-corrected chi connectivity index (χ3v) is 5.88. The van der Waals surface area contributed by atoms with Crippen LogP contribution in [0.4, 0.5) is 5.69 Å². The molecule has 4 nitrogen and oxygen atoms in total. The summed E-state index contributed by atoms with van der Waals surface area (Å²) in [4.78, 5) is 0.253. The fourth-order valence-electron chi connectivity index (χ4n) is 2.15. The van der Waals surface area contributed by atoms with E-state index in [1.807, 2.05) is 6.92 Å². The summed E-state index contributed by atoms with van der Waals surface area (Å²) in [5.41, 5.74) is 5.95. The van der Waals surface area contributed by atoms with Crippen molar-refractivity contribution in [3.8, 4) is 0 Å². The number of rotatable bonds is 4. The van der Waals surface area contributed by atoms with E-state index in [-0.39, 0.29) is 10.4 Å². The van der Waals surface area contributed by atoms with Gasteiger partial charge in [-0.2, -0.15) is 0 Å². The third kappa shape index (κ3) is 2.55. The van der Waals surface area contributed by atoms with Crippen LogP contribution in [0.2, 0.25) is 0 Å². The maximum atomic E-state index is 12.3. The molecule has 0 radical (unpaired) electrons. The third-order valence-electron chi connectivity index (χ3n) is 3.62. The van der Waals surface area contributed by atoms with Crippen molar-refractivity contribution >= 4 is 31.6 Å². The minimum absolute atomic E-state index is 0.243. The Balaban J connectivity index is 2.28. The van der Waals surface area contributed by atoms with Gasteiger partial charge in [0.05, 0.1) is 4.90 Å². The molecular formula is C12H17BrN2O2S. The van der Waals surface area contributed by atoms with Crippen LogP contribution >= 0.6 is 15.9 Å². The molecule has 2 rings (SSSR count).